The highest BCUT2D eigenvalue weighted by atomic mass is 16.5. The van der Waals surface area contributed by atoms with Gasteiger partial charge in [0.05, 0.1) is 39.0 Å². The number of aliphatic hydroxyl groups excluding tert-OH is 1. The van der Waals surface area contributed by atoms with Crippen molar-refractivity contribution in [2.24, 2.45) is 0 Å². The lowest BCUT2D eigenvalue weighted by molar-refractivity contribution is -0.140. The van der Waals surface area contributed by atoms with E-state index in [0.29, 0.717) is 35.0 Å². The minimum absolute atomic E-state index is 0.00183. The van der Waals surface area contributed by atoms with Crippen molar-refractivity contribution in [3.05, 3.63) is 59.2 Å². The van der Waals surface area contributed by atoms with Gasteiger partial charge in [-0.2, -0.15) is 0 Å². The van der Waals surface area contributed by atoms with Crippen LogP contribution in [0.3, 0.4) is 0 Å². The molecule has 8 nitrogen and oxygen atoms in total. The Hall–Kier alpha value is -3.52. The number of amides is 1. The number of likely N-dealkylation sites (tertiary alicyclic amines) is 1. The summed E-state index contributed by atoms with van der Waals surface area (Å²) in [6.45, 7) is 3.10. The maximum absolute atomic E-state index is 13.1. The highest BCUT2D eigenvalue weighted by Crippen LogP contribution is 2.42. The average molecular weight is 484 g/mol. The molecular formula is C27H33NO7. The molecule has 0 aromatic heterocycles. The quantitative estimate of drug-likeness (QED) is 0.208. The van der Waals surface area contributed by atoms with Gasteiger partial charge in [0, 0.05) is 19.2 Å². The third-order valence-corrected chi connectivity index (χ3v) is 5.93. The van der Waals surface area contributed by atoms with Crippen molar-refractivity contribution < 1.29 is 33.6 Å². The number of hydrogen-bond donors (Lipinski definition) is 1. The van der Waals surface area contributed by atoms with Gasteiger partial charge in [0.2, 0.25) is 0 Å². The molecule has 0 spiro atoms. The Morgan fingerprint density at radius 1 is 0.971 bits per heavy atom. The lowest BCUT2D eigenvalue weighted by Crippen LogP contribution is -2.32. The van der Waals surface area contributed by atoms with E-state index in [1.54, 1.807) is 42.5 Å². The molecule has 188 valence electrons. The summed E-state index contributed by atoms with van der Waals surface area (Å²) in [5.41, 5.74) is 0.988. The van der Waals surface area contributed by atoms with Crippen LogP contribution < -0.4 is 14.2 Å². The first-order valence-corrected chi connectivity index (χ1v) is 11.7. The van der Waals surface area contributed by atoms with E-state index in [0.717, 1.165) is 19.3 Å². The average Bonchev–Trinajstić information content (AvgIpc) is 3.14. The predicted molar refractivity (Wildman–Crippen MR) is 132 cm³/mol. The normalized spacial score (nSPS) is 17.0. The lowest BCUT2D eigenvalue weighted by Gasteiger charge is -2.25. The van der Waals surface area contributed by atoms with Crippen LogP contribution in [0.2, 0.25) is 0 Å². The van der Waals surface area contributed by atoms with Crippen LogP contribution in [0.25, 0.3) is 5.76 Å². The van der Waals surface area contributed by atoms with E-state index in [1.165, 1.54) is 26.2 Å². The van der Waals surface area contributed by atoms with Crippen molar-refractivity contribution in [2.45, 2.75) is 32.2 Å². The monoisotopic (exact) mass is 483 g/mol. The Labute approximate surface area is 206 Å². The van der Waals surface area contributed by atoms with Gasteiger partial charge in [0.15, 0.2) is 11.5 Å². The Bertz CT molecular complexity index is 1080. The highest BCUT2D eigenvalue weighted by Gasteiger charge is 2.46. The van der Waals surface area contributed by atoms with Gasteiger partial charge >= 0.3 is 0 Å². The van der Waals surface area contributed by atoms with Gasteiger partial charge in [0.1, 0.15) is 11.5 Å². The fourth-order valence-corrected chi connectivity index (χ4v) is 4.08. The Morgan fingerprint density at radius 3 is 2.46 bits per heavy atom. The van der Waals surface area contributed by atoms with Crippen LogP contribution in [0, 0.1) is 0 Å². The Morgan fingerprint density at radius 2 is 1.77 bits per heavy atom. The first kappa shape index (κ1) is 26.1. The molecule has 8 heteroatoms. The second-order valence-electron chi connectivity index (χ2n) is 8.18. The molecule has 3 rings (SSSR count). The number of aliphatic hydroxyl groups is 1. The zero-order valence-corrected chi connectivity index (χ0v) is 20.7. The smallest absolute Gasteiger partial charge is 0.295 e. The molecule has 1 atom stereocenters. The number of nitrogens with zero attached hydrogens (tertiary/aromatic N) is 1. The van der Waals surface area contributed by atoms with Gasteiger partial charge in [-0.3, -0.25) is 9.59 Å². The maximum Gasteiger partial charge on any atom is 0.295 e. The summed E-state index contributed by atoms with van der Waals surface area (Å²) >= 11 is 0. The molecule has 1 saturated heterocycles. The Balaban J connectivity index is 2.07. The fraction of sp³-hybridized carbons (Fsp3) is 0.407. The molecule has 1 N–H and O–H groups in total. The number of benzene rings is 2. The standard InChI is InChI=1S/C27H33NO7/c1-5-6-7-14-35-21-12-11-18(17-22(21)34-4)24-23(26(30)27(31)28(24)13-15-32-2)25(29)19-9-8-10-20(16-19)33-3/h8-12,16-17,24,29H,5-7,13-15H2,1-4H3. The largest absolute Gasteiger partial charge is 0.507 e. The maximum atomic E-state index is 13.1. The number of Topliss-reactive ketones (excluding diaryl/α,β-unsaturated/α-hetero) is 1. The lowest BCUT2D eigenvalue weighted by atomic mass is 9.95. The van der Waals surface area contributed by atoms with E-state index in [-0.39, 0.29) is 24.5 Å². The van der Waals surface area contributed by atoms with E-state index in [1.807, 2.05) is 0 Å². The number of rotatable bonds is 12. The minimum atomic E-state index is -0.820. The van der Waals surface area contributed by atoms with Gasteiger partial charge < -0.3 is 29.0 Å². The van der Waals surface area contributed by atoms with Crippen molar-refractivity contribution in [2.75, 3.05) is 41.1 Å². The SMILES string of the molecule is CCCCCOc1ccc(C2C(=C(O)c3cccc(OC)c3)C(=O)C(=O)N2CCOC)cc1OC. The van der Waals surface area contributed by atoms with Gasteiger partial charge in [-0.05, 0) is 36.2 Å². The molecule has 1 unspecified atom stereocenters. The van der Waals surface area contributed by atoms with Gasteiger partial charge in [0.25, 0.3) is 11.7 Å². The topological polar surface area (TPSA) is 94.5 Å². The number of carbonyl (C=O) groups excluding carboxylic acids is 2. The third-order valence-electron chi connectivity index (χ3n) is 5.93. The van der Waals surface area contributed by atoms with Crippen LogP contribution in [0.4, 0.5) is 0 Å². The summed E-state index contributed by atoms with van der Waals surface area (Å²) in [6, 6.07) is 11.2. The van der Waals surface area contributed by atoms with E-state index in [4.69, 9.17) is 18.9 Å². The van der Waals surface area contributed by atoms with Crippen LogP contribution in [0.5, 0.6) is 17.2 Å². The molecule has 1 aliphatic heterocycles. The van der Waals surface area contributed by atoms with Crippen LogP contribution in [-0.2, 0) is 14.3 Å². The van der Waals surface area contributed by atoms with Crippen molar-refractivity contribution in [1.82, 2.24) is 4.90 Å². The van der Waals surface area contributed by atoms with Crippen molar-refractivity contribution in [1.29, 1.82) is 0 Å². The fourth-order valence-electron chi connectivity index (χ4n) is 4.08. The van der Waals surface area contributed by atoms with Crippen molar-refractivity contribution in [3.63, 3.8) is 0 Å². The van der Waals surface area contributed by atoms with Crippen LogP contribution in [-0.4, -0.2) is 62.8 Å². The van der Waals surface area contributed by atoms with Crippen molar-refractivity contribution >= 4 is 17.4 Å². The number of ether oxygens (including phenoxy) is 4. The molecule has 1 aliphatic rings. The molecule has 0 radical (unpaired) electrons. The van der Waals surface area contributed by atoms with E-state index < -0.39 is 17.7 Å². The summed E-state index contributed by atoms with van der Waals surface area (Å²) in [6.07, 6.45) is 3.09. The molecule has 1 fully saturated rings. The minimum Gasteiger partial charge on any atom is -0.507 e. The summed E-state index contributed by atoms with van der Waals surface area (Å²) in [4.78, 5) is 27.5. The van der Waals surface area contributed by atoms with Crippen molar-refractivity contribution in [3.8, 4) is 17.2 Å². The zero-order valence-electron chi connectivity index (χ0n) is 20.7. The Kier molecular flexibility index (Phi) is 9.14. The van der Waals surface area contributed by atoms with Crippen LogP contribution >= 0.6 is 0 Å². The second kappa shape index (κ2) is 12.3. The molecule has 2 aromatic carbocycles. The van der Waals surface area contributed by atoms with Gasteiger partial charge in [-0.15, -0.1) is 0 Å². The molecule has 1 amide bonds. The first-order valence-electron chi connectivity index (χ1n) is 11.7. The van der Waals surface area contributed by atoms with Gasteiger partial charge in [-0.25, -0.2) is 0 Å². The molecule has 0 aliphatic carbocycles. The number of carbonyl (C=O) groups is 2. The predicted octanol–water partition coefficient (Wildman–Crippen LogP) is 4.34. The highest BCUT2D eigenvalue weighted by molar-refractivity contribution is 6.46. The summed E-state index contributed by atoms with van der Waals surface area (Å²) in [5, 5.41) is 11.2. The molecular weight excluding hydrogens is 450 g/mol. The van der Waals surface area contributed by atoms with Gasteiger partial charge in [-0.1, -0.05) is 38.0 Å². The number of hydrogen-bond acceptors (Lipinski definition) is 7. The number of methoxy groups -OCH3 is 3. The molecule has 0 saturated carbocycles. The van der Waals surface area contributed by atoms with Crippen LogP contribution in [0.15, 0.2) is 48.0 Å². The molecule has 35 heavy (non-hydrogen) atoms. The molecule has 1 heterocycles. The number of ketones is 1. The summed E-state index contributed by atoms with van der Waals surface area (Å²) in [7, 11) is 4.58. The van der Waals surface area contributed by atoms with E-state index in [9.17, 15) is 14.7 Å². The third kappa shape index (κ3) is 5.77. The zero-order chi connectivity index (χ0) is 25.4. The summed E-state index contributed by atoms with van der Waals surface area (Å²) < 4.78 is 21.8. The van der Waals surface area contributed by atoms with E-state index in [2.05, 4.69) is 6.92 Å². The number of unbranched alkanes of at least 4 members (excludes halogenated alkanes) is 2. The van der Waals surface area contributed by atoms with E-state index >= 15 is 0 Å². The first-order chi connectivity index (χ1) is 17.0. The van der Waals surface area contributed by atoms with Crippen LogP contribution in [0.1, 0.15) is 43.4 Å². The summed E-state index contributed by atoms with van der Waals surface area (Å²) in [5.74, 6) is -0.149. The second-order valence-corrected chi connectivity index (χ2v) is 8.18. The molecule has 0 bridgehead atoms. The molecule has 2 aromatic rings.